The molecule has 0 aliphatic rings. The number of furan rings is 1. The number of thiophene rings is 1. The molecule has 0 fully saturated rings. The van der Waals surface area contributed by atoms with Crippen LogP contribution in [0.5, 0.6) is 0 Å². The van der Waals surface area contributed by atoms with Crippen LogP contribution in [0.2, 0.25) is 0 Å². The topological polar surface area (TPSA) is 16.4 Å². The lowest BCUT2D eigenvalue weighted by Crippen LogP contribution is -2.10. The number of anilines is 3. The maximum absolute atomic E-state index is 6.25. The van der Waals surface area contributed by atoms with Gasteiger partial charge < -0.3 is 9.32 Å². The van der Waals surface area contributed by atoms with Crippen molar-refractivity contribution in [1.82, 2.24) is 0 Å². The zero-order valence-corrected chi connectivity index (χ0v) is 30.6. The van der Waals surface area contributed by atoms with Gasteiger partial charge in [0.25, 0.3) is 0 Å². The first-order chi connectivity index (χ1) is 27.2. The number of benzene rings is 9. The average molecular weight is 720 g/mol. The normalized spacial score (nSPS) is 11.6. The van der Waals surface area contributed by atoms with Gasteiger partial charge in [-0.05, 0) is 111 Å². The van der Waals surface area contributed by atoms with E-state index in [-0.39, 0.29) is 0 Å². The average Bonchev–Trinajstić information content (AvgIpc) is 3.82. The van der Waals surface area contributed by atoms with Gasteiger partial charge in [-0.1, -0.05) is 133 Å². The molecule has 11 rings (SSSR count). The first kappa shape index (κ1) is 31.6. The van der Waals surface area contributed by atoms with Crippen LogP contribution in [0.1, 0.15) is 0 Å². The van der Waals surface area contributed by atoms with Crippen molar-refractivity contribution in [1.29, 1.82) is 0 Å². The summed E-state index contributed by atoms with van der Waals surface area (Å²) in [5.74, 6) is 0. The molecular weight excluding hydrogens is 687 g/mol. The predicted octanol–water partition coefficient (Wildman–Crippen LogP) is 15.6. The van der Waals surface area contributed by atoms with Gasteiger partial charge in [-0.25, -0.2) is 0 Å². The molecule has 0 unspecified atom stereocenters. The SMILES string of the molecule is c1cc(-c2cccc(N(c3ccc(-c4ccc5c(c4)sc4ccccc45)cc3)c3ccc4oc5ccccc5c4c3)c2)cc(-c2cccc3ccccc23)c1. The maximum Gasteiger partial charge on any atom is 0.135 e. The molecule has 2 heterocycles. The molecule has 2 nitrogen and oxygen atoms in total. The second-order valence-corrected chi connectivity index (χ2v) is 15.2. The van der Waals surface area contributed by atoms with Crippen molar-refractivity contribution in [2.24, 2.45) is 0 Å². The molecule has 55 heavy (non-hydrogen) atoms. The monoisotopic (exact) mass is 719 g/mol. The molecule has 258 valence electrons. The molecule has 0 radical (unpaired) electrons. The van der Waals surface area contributed by atoms with Crippen molar-refractivity contribution in [3.05, 3.63) is 200 Å². The molecule has 3 heteroatoms. The number of para-hydroxylation sites is 1. The van der Waals surface area contributed by atoms with E-state index in [0.717, 1.165) is 44.6 Å². The summed E-state index contributed by atoms with van der Waals surface area (Å²) in [4.78, 5) is 2.36. The Bertz CT molecular complexity index is 3220. The zero-order valence-electron chi connectivity index (χ0n) is 29.8. The summed E-state index contributed by atoms with van der Waals surface area (Å²) in [5, 5.41) is 7.37. The molecular formula is C52H33NOS. The molecule has 0 aliphatic carbocycles. The molecule has 0 amide bonds. The van der Waals surface area contributed by atoms with Crippen LogP contribution < -0.4 is 4.90 Å². The van der Waals surface area contributed by atoms with Gasteiger partial charge in [0.2, 0.25) is 0 Å². The number of hydrogen-bond acceptors (Lipinski definition) is 3. The largest absolute Gasteiger partial charge is 0.456 e. The summed E-state index contributed by atoms with van der Waals surface area (Å²) in [6.07, 6.45) is 0. The highest BCUT2D eigenvalue weighted by Gasteiger charge is 2.17. The van der Waals surface area contributed by atoms with Crippen LogP contribution in [0.4, 0.5) is 17.1 Å². The van der Waals surface area contributed by atoms with E-state index in [9.17, 15) is 0 Å². The van der Waals surface area contributed by atoms with Gasteiger partial charge in [0.15, 0.2) is 0 Å². The molecule has 0 saturated heterocycles. The molecule has 0 bridgehead atoms. The van der Waals surface area contributed by atoms with Gasteiger partial charge in [0, 0.05) is 48.0 Å². The Morgan fingerprint density at radius 1 is 0.327 bits per heavy atom. The first-order valence-corrected chi connectivity index (χ1v) is 19.5. The van der Waals surface area contributed by atoms with E-state index in [0.29, 0.717) is 0 Å². The lowest BCUT2D eigenvalue weighted by atomic mass is 9.95. The molecule has 11 aromatic rings. The fraction of sp³-hybridized carbons (Fsp3) is 0. The third kappa shape index (κ3) is 5.48. The Kier molecular flexibility index (Phi) is 7.39. The Morgan fingerprint density at radius 2 is 0.945 bits per heavy atom. The predicted molar refractivity (Wildman–Crippen MR) is 235 cm³/mol. The minimum Gasteiger partial charge on any atom is -0.456 e. The van der Waals surface area contributed by atoms with Gasteiger partial charge in [-0.2, -0.15) is 0 Å². The summed E-state index contributed by atoms with van der Waals surface area (Å²) in [6, 6.07) is 72.3. The lowest BCUT2D eigenvalue weighted by molar-refractivity contribution is 0.669. The smallest absolute Gasteiger partial charge is 0.135 e. The number of hydrogen-bond donors (Lipinski definition) is 0. The highest BCUT2D eigenvalue weighted by Crippen LogP contribution is 2.42. The highest BCUT2D eigenvalue weighted by molar-refractivity contribution is 7.25. The Morgan fingerprint density at radius 3 is 1.85 bits per heavy atom. The van der Waals surface area contributed by atoms with Crippen molar-refractivity contribution in [3.8, 4) is 33.4 Å². The molecule has 2 aromatic heterocycles. The molecule has 0 atom stereocenters. The number of fused-ring (bicyclic) bond motifs is 7. The van der Waals surface area contributed by atoms with Gasteiger partial charge in [0.05, 0.1) is 0 Å². The van der Waals surface area contributed by atoms with Crippen molar-refractivity contribution < 1.29 is 4.42 Å². The number of nitrogens with zero attached hydrogens (tertiary/aromatic N) is 1. The summed E-state index contributed by atoms with van der Waals surface area (Å²) in [5.41, 5.74) is 12.2. The quantitative estimate of drug-likeness (QED) is 0.170. The summed E-state index contributed by atoms with van der Waals surface area (Å²) >= 11 is 1.86. The van der Waals surface area contributed by atoms with Crippen molar-refractivity contribution in [2.45, 2.75) is 0 Å². The summed E-state index contributed by atoms with van der Waals surface area (Å²) in [7, 11) is 0. The van der Waals surface area contributed by atoms with Crippen LogP contribution in [-0.4, -0.2) is 0 Å². The van der Waals surface area contributed by atoms with Crippen molar-refractivity contribution in [3.63, 3.8) is 0 Å². The van der Waals surface area contributed by atoms with Crippen molar-refractivity contribution in [2.75, 3.05) is 4.90 Å². The standard InChI is InChI=1S/C52H33NOS/c1-2-16-43-35(10-1)11-9-19-44(43)39-14-7-12-36(30-39)37-13-8-15-41(31-37)53(42-27-29-50-48(33-42)45-17-3-5-20-49(45)54-50)40-25-22-34(23-26-40)38-24-28-47-46-18-4-6-21-51(46)55-52(47)32-38/h1-33H. The van der Waals surface area contributed by atoms with Crippen molar-refractivity contribution >= 4 is 81.3 Å². The van der Waals surface area contributed by atoms with E-state index in [1.165, 1.54) is 58.8 Å². The van der Waals surface area contributed by atoms with Crippen LogP contribution in [0.15, 0.2) is 205 Å². The minimum absolute atomic E-state index is 0.885. The van der Waals surface area contributed by atoms with Crippen LogP contribution in [0.3, 0.4) is 0 Å². The van der Waals surface area contributed by atoms with Crippen LogP contribution in [-0.2, 0) is 0 Å². The van der Waals surface area contributed by atoms with E-state index in [4.69, 9.17) is 4.42 Å². The maximum atomic E-state index is 6.25. The fourth-order valence-corrected chi connectivity index (χ4v) is 9.32. The molecule has 0 aliphatic heterocycles. The van der Waals surface area contributed by atoms with Crippen LogP contribution in [0, 0.1) is 0 Å². The Balaban J connectivity index is 1.02. The van der Waals surface area contributed by atoms with E-state index in [1.54, 1.807) is 0 Å². The first-order valence-electron chi connectivity index (χ1n) is 18.7. The van der Waals surface area contributed by atoms with Crippen LogP contribution in [0.25, 0.3) is 86.3 Å². The molecule has 0 spiro atoms. The molecule has 0 saturated carbocycles. The summed E-state index contributed by atoms with van der Waals surface area (Å²) < 4.78 is 8.88. The van der Waals surface area contributed by atoms with E-state index >= 15 is 0 Å². The van der Waals surface area contributed by atoms with Gasteiger partial charge in [-0.15, -0.1) is 11.3 Å². The third-order valence-electron chi connectivity index (χ3n) is 10.9. The highest BCUT2D eigenvalue weighted by atomic mass is 32.1. The Hall–Kier alpha value is -6.94. The van der Waals surface area contributed by atoms with Gasteiger partial charge >= 0.3 is 0 Å². The lowest BCUT2D eigenvalue weighted by Gasteiger charge is -2.26. The van der Waals surface area contributed by atoms with Crippen LogP contribution >= 0.6 is 11.3 Å². The molecule has 0 N–H and O–H groups in total. The second kappa shape index (κ2) is 12.9. The summed E-state index contributed by atoms with van der Waals surface area (Å²) in [6.45, 7) is 0. The van der Waals surface area contributed by atoms with E-state index in [2.05, 4.69) is 193 Å². The van der Waals surface area contributed by atoms with E-state index in [1.807, 2.05) is 23.5 Å². The molecule has 9 aromatic carbocycles. The Labute approximate surface area is 322 Å². The zero-order chi connectivity index (χ0) is 36.3. The number of rotatable bonds is 6. The third-order valence-corrected chi connectivity index (χ3v) is 12.0. The fourth-order valence-electron chi connectivity index (χ4n) is 8.18. The second-order valence-electron chi connectivity index (χ2n) is 14.1. The van der Waals surface area contributed by atoms with Gasteiger partial charge in [0.1, 0.15) is 11.2 Å². The van der Waals surface area contributed by atoms with E-state index < -0.39 is 0 Å². The minimum atomic E-state index is 0.885. The van der Waals surface area contributed by atoms with Gasteiger partial charge in [-0.3, -0.25) is 0 Å².